The Bertz CT molecular complexity index is 714. The number of aromatic nitrogens is 3. The summed E-state index contributed by atoms with van der Waals surface area (Å²) in [4.78, 5) is 23.0. The van der Waals surface area contributed by atoms with Gasteiger partial charge in [-0.1, -0.05) is 25.9 Å². The first-order valence-electron chi connectivity index (χ1n) is 8.29. The molecule has 0 radical (unpaired) electrons. The van der Waals surface area contributed by atoms with Crippen LogP contribution >= 0.6 is 0 Å². The van der Waals surface area contributed by atoms with Crippen LogP contribution in [0.4, 0.5) is 11.7 Å². The van der Waals surface area contributed by atoms with Crippen molar-refractivity contribution in [3.05, 3.63) is 29.8 Å². The van der Waals surface area contributed by atoms with Crippen LogP contribution in [-0.2, 0) is 5.41 Å². The number of carbonyl (C=O) groups excluding carboxylic acids is 1. The minimum absolute atomic E-state index is 0.136. The van der Waals surface area contributed by atoms with Gasteiger partial charge in [0.25, 0.3) is 5.91 Å². The fourth-order valence-corrected chi connectivity index (χ4v) is 2.63. The molecule has 7 nitrogen and oxygen atoms in total. The number of rotatable bonds is 3. The van der Waals surface area contributed by atoms with Gasteiger partial charge in [-0.15, -0.1) is 0 Å². The van der Waals surface area contributed by atoms with Crippen molar-refractivity contribution in [1.82, 2.24) is 15.1 Å². The number of hydrogen-bond donors (Lipinski definition) is 1. The van der Waals surface area contributed by atoms with Gasteiger partial charge in [-0.2, -0.15) is 0 Å². The largest absolute Gasteiger partial charge is 0.357 e. The van der Waals surface area contributed by atoms with E-state index in [-0.39, 0.29) is 11.3 Å². The summed E-state index contributed by atoms with van der Waals surface area (Å²) < 4.78 is 5.19. The van der Waals surface area contributed by atoms with Gasteiger partial charge in [0.1, 0.15) is 17.8 Å². The van der Waals surface area contributed by atoms with E-state index in [4.69, 9.17) is 4.52 Å². The molecule has 0 unspecified atom stereocenters. The van der Waals surface area contributed by atoms with Crippen molar-refractivity contribution in [3.8, 4) is 0 Å². The quantitative estimate of drug-likeness (QED) is 0.932. The maximum Gasteiger partial charge on any atom is 0.276 e. The van der Waals surface area contributed by atoms with E-state index < -0.39 is 0 Å². The van der Waals surface area contributed by atoms with E-state index in [1.54, 1.807) is 12.1 Å². The van der Waals surface area contributed by atoms with Crippen LogP contribution in [0, 0.1) is 0 Å². The molecule has 1 fully saturated rings. The summed E-state index contributed by atoms with van der Waals surface area (Å²) in [6, 6.07) is 3.46. The number of amides is 1. The lowest BCUT2D eigenvalue weighted by Gasteiger charge is -2.27. The van der Waals surface area contributed by atoms with Crippen LogP contribution in [-0.4, -0.2) is 34.1 Å². The topological polar surface area (TPSA) is 84.2 Å². The van der Waals surface area contributed by atoms with Crippen LogP contribution in [0.2, 0.25) is 0 Å². The Hall–Kier alpha value is -2.44. The molecule has 3 rings (SSSR count). The van der Waals surface area contributed by atoms with E-state index in [9.17, 15) is 4.79 Å². The number of carbonyl (C=O) groups is 1. The molecule has 0 aliphatic carbocycles. The van der Waals surface area contributed by atoms with Crippen LogP contribution < -0.4 is 10.2 Å². The maximum absolute atomic E-state index is 12.4. The Morgan fingerprint density at radius 2 is 1.92 bits per heavy atom. The molecule has 0 atom stereocenters. The highest BCUT2D eigenvalue weighted by Gasteiger charge is 2.21. The van der Waals surface area contributed by atoms with Crippen LogP contribution in [0.5, 0.6) is 0 Å². The number of hydrogen-bond acceptors (Lipinski definition) is 6. The standard InChI is InChI=1S/C17H23N5O2/c1-17(2,3)13-10-15(24-21-13)20-16(23)12-9-14(19-11-18-12)22-7-5-4-6-8-22/h9-11H,4-8H2,1-3H3,(H,20,23). The molecule has 1 aliphatic heterocycles. The number of nitrogens with one attached hydrogen (secondary N) is 1. The van der Waals surface area contributed by atoms with Gasteiger partial charge in [-0.25, -0.2) is 9.97 Å². The van der Waals surface area contributed by atoms with Gasteiger partial charge in [0, 0.05) is 30.6 Å². The molecular formula is C17H23N5O2. The van der Waals surface area contributed by atoms with Crippen molar-refractivity contribution < 1.29 is 9.32 Å². The number of anilines is 2. The van der Waals surface area contributed by atoms with E-state index >= 15 is 0 Å². The predicted octanol–water partition coefficient (Wildman–Crippen LogP) is 3.00. The average molecular weight is 329 g/mol. The first-order valence-corrected chi connectivity index (χ1v) is 8.29. The van der Waals surface area contributed by atoms with Crippen molar-refractivity contribution in [2.24, 2.45) is 0 Å². The van der Waals surface area contributed by atoms with Crippen LogP contribution in [0.1, 0.15) is 56.2 Å². The molecule has 1 aliphatic rings. The van der Waals surface area contributed by atoms with Crippen molar-refractivity contribution in [1.29, 1.82) is 0 Å². The molecule has 7 heteroatoms. The molecule has 24 heavy (non-hydrogen) atoms. The summed E-state index contributed by atoms with van der Waals surface area (Å²) >= 11 is 0. The second kappa shape index (κ2) is 6.59. The second-order valence-electron chi connectivity index (χ2n) is 7.09. The van der Waals surface area contributed by atoms with Crippen molar-refractivity contribution >= 4 is 17.6 Å². The summed E-state index contributed by atoms with van der Waals surface area (Å²) in [7, 11) is 0. The summed E-state index contributed by atoms with van der Waals surface area (Å²) in [5.41, 5.74) is 0.969. The number of nitrogens with zero attached hydrogens (tertiary/aromatic N) is 4. The fourth-order valence-electron chi connectivity index (χ4n) is 2.63. The van der Waals surface area contributed by atoms with Crippen molar-refractivity contribution in [2.75, 3.05) is 23.3 Å². The van der Waals surface area contributed by atoms with Gasteiger partial charge >= 0.3 is 0 Å². The maximum atomic E-state index is 12.4. The van der Waals surface area contributed by atoms with Gasteiger partial charge in [-0.05, 0) is 19.3 Å². The van der Waals surface area contributed by atoms with Crippen LogP contribution in [0.3, 0.4) is 0 Å². The first kappa shape index (κ1) is 16.4. The molecule has 0 bridgehead atoms. The summed E-state index contributed by atoms with van der Waals surface area (Å²) in [5.74, 6) is 0.790. The van der Waals surface area contributed by atoms with Gasteiger partial charge in [-0.3, -0.25) is 10.1 Å². The highest BCUT2D eigenvalue weighted by molar-refractivity contribution is 6.02. The Kier molecular flexibility index (Phi) is 4.51. The molecule has 0 aromatic carbocycles. The zero-order chi connectivity index (χ0) is 17.2. The lowest BCUT2D eigenvalue weighted by atomic mass is 9.92. The Morgan fingerprint density at radius 3 is 2.58 bits per heavy atom. The molecule has 1 N–H and O–H groups in total. The predicted molar refractivity (Wildman–Crippen MR) is 91.3 cm³/mol. The Balaban J connectivity index is 1.72. The highest BCUT2D eigenvalue weighted by atomic mass is 16.5. The average Bonchev–Trinajstić information content (AvgIpc) is 3.05. The van der Waals surface area contributed by atoms with E-state index in [2.05, 4.69) is 25.3 Å². The molecular weight excluding hydrogens is 306 g/mol. The van der Waals surface area contributed by atoms with E-state index in [0.29, 0.717) is 11.6 Å². The Labute approximate surface area is 141 Å². The van der Waals surface area contributed by atoms with Crippen molar-refractivity contribution in [3.63, 3.8) is 0 Å². The normalized spacial score (nSPS) is 15.4. The molecule has 0 spiro atoms. The third-order valence-corrected chi connectivity index (χ3v) is 4.08. The molecule has 1 saturated heterocycles. The monoisotopic (exact) mass is 329 g/mol. The molecule has 0 saturated carbocycles. The third kappa shape index (κ3) is 3.72. The summed E-state index contributed by atoms with van der Waals surface area (Å²) in [6.45, 7) is 8.04. The van der Waals surface area contributed by atoms with Gasteiger partial charge in [0.05, 0.1) is 5.69 Å². The van der Waals surface area contributed by atoms with E-state index in [1.807, 2.05) is 20.8 Å². The van der Waals surface area contributed by atoms with Gasteiger partial charge in [0.15, 0.2) is 0 Å². The number of piperidine rings is 1. The Morgan fingerprint density at radius 1 is 1.17 bits per heavy atom. The summed E-state index contributed by atoms with van der Waals surface area (Å²) in [6.07, 6.45) is 4.98. The zero-order valence-electron chi connectivity index (χ0n) is 14.4. The van der Waals surface area contributed by atoms with Crippen LogP contribution in [0.15, 0.2) is 23.0 Å². The van der Waals surface area contributed by atoms with E-state index in [0.717, 1.165) is 37.4 Å². The molecule has 3 heterocycles. The van der Waals surface area contributed by atoms with Crippen molar-refractivity contribution in [2.45, 2.75) is 45.4 Å². The minimum atomic E-state index is -0.327. The molecule has 1 amide bonds. The summed E-state index contributed by atoms with van der Waals surface area (Å²) in [5, 5.41) is 6.70. The highest BCUT2D eigenvalue weighted by Crippen LogP contribution is 2.24. The smallest absolute Gasteiger partial charge is 0.276 e. The van der Waals surface area contributed by atoms with E-state index in [1.165, 1.54) is 12.7 Å². The van der Waals surface area contributed by atoms with Gasteiger partial charge in [0.2, 0.25) is 5.88 Å². The molecule has 2 aromatic heterocycles. The molecule has 128 valence electrons. The lowest BCUT2D eigenvalue weighted by Crippen LogP contribution is -2.30. The fraction of sp³-hybridized carbons (Fsp3) is 0.529. The lowest BCUT2D eigenvalue weighted by molar-refractivity contribution is 0.101. The van der Waals surface area contributed by atoms with Crippen LogP contribution in [0.25, 0.3) is 0 Å². The SMILES string of the molecule is CC(C)(C)c1cc(NC(=O)c2cc(N3CCCCC3)ncn2)on1. The zero-order valence-corrected chi connectivity index (χ0v) is 14.4. The minimum Gasteiger partial charge on any atom is -0.357 e. The third-order valence-electron chi connectivity index (χ3n) is 4.08. The molecule has 2 aromatic rings. The second-order valence-corrected chi connectivity index (χ2v) is 7.09. The van der Waals surface area contributed by atoms with Gasteiger partial charge < -0.3 is 9.42 Å². The first-order chi connectivity index (χ1) is 11.4.